The molecule has 0 spiro atoms. The van der Waals surface area contributed by atoms with Crippen LogP contribution in [0.1, 0.15) is 175 Å². The van der Waals surface area contributed by atoms with Gasteiger partial charge in [-0.3, -0.25) is 0 Å². The van der Waals surface area contributed by atoms with Crippen molar-refractivity contribution in [3.63, 3.8) is 0 Å². The van der Waals surface area contributed by atoms with E-state index in [1.807, 2.05) is 0 Å². The van der Waals surface area contributed by atoms with Gasteiger partial charge in [-0.15, -0.1) is 6.42 Å². The molecule has 0 atom stereocenters. The maximum atomic E-state index is 5.05. The van der Waals surface area contributed by atoms with Gasteiger partial charge in [0.05, 0.1) is 0 Å². The molecule has 3 aromatic carbocycles. The van der Waals surface area contributed by atoms with Crippen molar-refractivity contribution in [1.82, 2.24) is 0 Å². The summed E-state index contributed by atoms with van der Waals surface area (Å²) in [5.41, 5.74) is 9.24. The molecule has 0 aliphatic rings. The summed E-state index contributed by atoms with van der Waals surface area (Å²) in [4.78, 5) is 0. The second kappa shape index (κ2) is 20.0. The predicted molar refractivity (Wildman–Crippen MR) is 270 cm³/mol. The molecule has 0 saturated heterocycles. The fourth-order valence-electron chi connectivity index (χ4n) is 6.48. The number of benzene rings is 3. The molecule has 0 radical (unpaired) electrons. The summed E-state index contributed by atoms with van der Waals surface area (Å²) in [5, 5.41) is 0. The normalized spacial score (nSPS) is 11.1. The van der Waals surface area contributed by atoms with Crippen LogP contribution in [-0.4, -0.2) is 0 Å². The highest BCUT2D eigenvalue weighted by molar-refractivity contribution is 5.64. The van der Waals surface area contributed by atoms with Crippen LogP contribution in [0.4, 0.5) is 0 Å². The zero-order valence-electron chi connectivity index (χ0n) is 41.3. The van der Waals surface area contributed by atoms with Crippen molar-refractivity contribution in [1.29, 1.82) is 0 Å². The molecular formula is C63H64. The minimum Gasteiger partial charge on any atom is -0.106 e. The van der Waals surface area contributed by atoms with E-state index in [9.17, 15) is 0 Å². The lowest BCUT2D eigenvalue weighted by Gasteiger charge is -2.38. The Morgan fingerprint density at radius 2 is 0.397 bits per heavy atom. The molecule has 0 amide bonds. The first kappa shape index (κ1) is 50.6. The number of hydrogen-bond acceptors (Lipinski definition) is 0. The van der Waals surface area contributed by atoms with Gasteiger partial charge in [-0.05, 0) is 177 Å². The van der Waals surface area contributed by atoms with Crippen LogP contribution in [-0.2, 0) is 37.9 Å². The fraction of sp³-hybridized carbons (Fsp3) is 0.397. The van der Waals surface area contributed by atoms with Crippen LogP contribution in [0.2, 0.25) is 0 Å². The van der Waals surface area contributed by atoms with Crippen LogP contribution in [0.25, 0.3) is 0 Å². The summed E-state index contributed by atoms with van der Waals surface area (Å²) < 4.78 is 0. The molecule has 3 aromatic rings. The average Bonchev–Trinajstić information content (AvgIpc) is 3.16. The van der Waals surface area contributed by atoms with Gasteiger partial charge < -0.3 is 0 Å². The van der Waals surface area contributed by atoms with Gasteiger partial charge in [-0.25, -0.2) is 0 Å². The highest BCUT2D eigenvalue weighted by Gasteiger charge is 2.40. The van der Waals surface area contributed by atoms with E-state index in [4.69, 9.17) is 6.42 Å². The Balaban J connectivity index is 2.57. The number of hydrogen-bond donors (Lipinski definition) is 0. The zero-order chi connectivity index (χ0) is 47.5. The van der Waals surface area contributed by atoms with Gasteiger partial charge >= 0.3 is 0 Å². The molecule has 0 saturated carbocycles. The van der Waals surface area contributed by atoms with Crippen molar-refractivity contribution in [3.05, 3.63) is 105 Å². The van der Waals surface area contributed by atoms with Crippen molar-refractivity contribution in [2.75, 3.05) is 0 Å². The van der Waals surface area contributed by atoms with E-state index in [1.165, 1.54) is 33.4 Å². The summed E-state index contributed by atoms with van der Waals surface area (Å²) in [6.07, 6.45) is 5.05. The Morgan fingerprint density at radius 3 is 0.571 bits per heavy atom. The minimum absolute atomic E-state index is 0.127. The quantitative estimate of drug-likeness (QED) is 0.182. The van der Waals surface area contributed by atoms with E-state index >= 15 is 0 Å². The molecule has 63 heavy (non-hydrogen) atoms. The highest BCUT2D eigenvalue weighted by atomic mass is 14.4. The Kier molecular flexibility index (Phi) is 16.0. The molecule has 0 bridgehead atoms. The second-order valence-corrected chi connectivity index (χ2v) is 22.0. The summed E-state index contributed by atoms with van der Waals surface area (Å²) in [5.74, 6) is 52.1. The molecule has 0 fully saturated rings. The van der Waals surface area contributed by atoms with Crippen LogP contribution in [0.3, 0.4) is 0 Å². The van der Waals surface area contributed by atoms with Gasteiger partial charge in [0.2, 0.25) is 0 Å². The lowest BCUT2D eigenvalue weighted by atomic mass is 9.64. The predicted octanol–water partition coefficient (Wildman–Crippen LogP) is 12.5. The van der Waals surface area contributed by atoms with Crippen molar-refractivity contribution < 1.29 is 0 Å². The SMILES string of the molecule is C#CC#CC#CC#CC#CC#CC#CC#CC#CC#CC(c1cc(C(C)(C)C)cc(C(C)(C)C)c1)(c1cc(C(C)(C)C)cc(C(C)(C)C)c1)c1cc(C(C)(C)C)cc(C(C)(C)C)c1. The fourth-order valence-corrected chi connectivity index (χ4v) is 6.48. The summed E-state index contributed by atoms with van der Waals surface area (Å²) in [6, 6.07) is 21.6. The van der Waals surface area contributed by atoms with Crippen molar-refractivity contribution in [2.24, 2.45) is 0 Å². The van der Waals surface area contributed by atoms with Gasteiger partial charge in [-0.1, -0.05) is 185 Å². The largest absolute Gasteiger partial charge is 0.107 e. The van der Waals surface area contributed by atoms with E-state index in [-0.39, 0.29) is 32.5 Å². The molecule has 0 unspecified atom stereocenters. The molecule has 0 heterocycles. The Bertz CT molecular complexity index is 2590. The first-order chi connectivity index (χ1) is 29.0. The van der Waals surface area contributed by atoms with Gasteiger partial charge in [0.25, 0.3) is 0 Å². The minimum atomic E-state index is -0.935. The van der Waals surface area contributed by atoms with Crippen LogP contribution in [0.15, 0.2) is 54.6 Å². The molecule has 0 N–H and O–H groups in total. The number of terminal acetylenes is 1. The maximum absolute atomic E-state index is 5.05. The molecule has 0 aromatic heterocycles. The van der Waals surface area contributed by atoms with E-state index in [0.29, 0.717) is 0 Å². The third-order valence-corrected chi connectivity index (χ3v) is 10.6. The summed E-state index contributed by atoms with van der Waals surface area (Å²) in [6.45, 7) is 41.3. The first-order valence-corrected chi connectivity index (χ1v) is 21.5. The number of rotatable bonds is 3. The van der Waals surface area contributed by atoms with Crippen molar-refractivity contribution >= 4 is 0 Å². The average molecular weight is 821 g/mol. The molecule has 0 aliphatic heterocycles. The smallest absolute Gasteiger partial charge is 0.106 e. The lowest BCUT2D eigenvalue weighted by Crippen LogP contribution is -2.32. The van der Waals surface area contributed by atoms with Crippen LogP contribution >= 0.6 is 0 Å². The third kappa shape index (κ3) is 14.4. The third-order valence-electron chi connectivity index (χ3n) is 10.6. The molecule has 0 heteroatoms. The summed E-state index contributed by atoms with van der Waals surface area (Å²) >= 11 is 0. The molecular weight excluding hydrogens is 757 g/mol. The second-order valence-electron chi connectivity index (χ2n) is 22.0. The first-order valence-electron chi connectivity index (χ1n) is 21.5. The van der Waals surface area contributed by atoms with Crippen LogP contribution in [0.5, 0.6) is 0 Å². The Hall–Kier alpha value is -6.74. The van der Waals surface area contributed by atoms with E-state index < -0.39 is 5.41 Å². The summed E-state index contributed by atoms with van der Waals surface area (Å²) in [7, 11) is 0. The van der Waals surface area contributed by atoms with Crippen LogP contribution < -0.4 is 0 Å². The van der Waals surface area contributed by atoms with Crippen molar-refractivity contribution in [3.8, 4) is 119 Å². The topological polar surface area (TPSA) is 0 Å². The van der Waals surface area contributed by atoms with Crippen LogP contribution in [0, 0.1) is 119 Å². The zero-order valence-corrected chi connectivity index (χ0v) is 41.3. The van der Waals surface area contributed by atoms with E-state index in [0.717, 1.165) is 16.7 Å². The molecule has 3 rings (SSSR count). The highest BCUT2D eigenvalue weighted by Crippen LogP contribution is 2.47. The van der Waals surface area contributed by atoms with Gasteiger partial charge in [-0.2, -0.15) is 0 Å². The van der Waals surface area contributed by atoms with E-state index in [2.05, 4.69) is 292 Å². The maximum Gasteiger partial charge on any atom is 0.107 e. The lowest BCUT2D eigenvalue weighted by molar-refractivity contribution is 0.558. The van der Waals surface area contributed by atoms with Gasteiger partial charge in [0.1, 0.15) is 5.41 Å². The van der Waals surface area contributed by atoms with Gasteiger partial charge in [0.15, 0.2) is 0 Å². The monoisotopic (exact) mass is 821 g/mol. The Morgan fingerprint density at radius 1 is 0.238 bits per heavy atom. The molecule has 316 valence electrons. The standard InChI is InChI=1S/C63H64/c1-20-21-22-23-24-25-26-27-28-29-30-31-32-33-34-35-36-37-38-63(54-42-48(57(2,3)4)39-49(43-54)58(5,6)7,55-44-50(59(8,9)10)40-51(45-55)60(11,12)13)56-46-52(61(14,15)16)41-53(47-56)62(17,18)19/h1,39-47H,2-19H3. The Labute approximate surface area is 384 Å². The van der Waals surface area contributed by atoms with E-state index in [1.54, 1.807) is 0 Å². The van der Waals surface area contributed by atoms with Gasteiger partial charge in [0, 0.05) is 11.8 Å². The van der Waals surface area contributed by atoms with Crippen molar-refractivity contribution in [2.45, 2.75) is 163 Å². The molecule has 0 nitrogen and oxygen atoms in total. The molecule has 0 aliphatic carbocycles.